The number of halogens is 3. The maximum Gasteiger partial charge on any atom is 0.328 e. The largest absolute Gasteiger partial charge is 0.356 e. The number of alkyl halides is 2. The fourth-order valence-corrected chi connectivity index (χ4v) is 4.40. The summed E-state index contributed by atoms with van der Waals surface area (Å²) in [5.41, 5.74) is -0.307. The molecule has 2 fully saturated rings. The minimum atomic E-state index is -3.80. The normalized spacial score (nSPS) is 17.6. The number of hydrogen-bond donors (Lipinski definition) is 4. The molecule has 2 aromatic rings. The lowest BCUT2D eigenvalue weighted by Gasteiger charge is -2.21. The quantitative estimate of drug-likeness (QED) is 0.314. The number of amides is 4. The van der Waals surface area contributed by atoms with Crippen molar-refractivity contribution in [1.29, 1.82) is 0 Å². The second-order valence-corrected chi connectivity index (χ2v) is 10.1. The number of ketones is 1. The van der Waals surface area contributed by atoms with Gasteiger partial charge in [-0.3, -0.25) is 24.0 Å². The van der Waals surface area contributed by atoms with Crippen LogP contribution in [0.2, 0.25) is 5.02 Å². The summed E-state index contributed by atoms with van der Waals surface area (Å²) >= 11 is 6.04. The Kier molecular flexibility index (Phi) is 8.59. The SMILES string of the molecule is O=C(NC1CC1)C(=O)C(CC1CCNC1=O)NC(=O)c1cc(Cl)ccc1NC(=O)C(F)(F)Cc1ccccc1. The van der Waals surface area contributed by atoms with E-state index < -0.39 is 47.8 Å². The van der Waals surface area contributed by atoms with Crippen molar-refractivity contribution in [2.75, 3.05) is 11.9 Å². The summed E-state index contributed by atoms with van der Waals surface area (Å²) in [6.07, 6.45) is 0.900. The zero-order valence-corrected chi connectivity index (χ0v) is 21.5. The number of carbonyl (C=O) groups is 5. The molecule has 39 heavy (non-hydrogen) atoms. The van der Waals surface area contributed by atoms with E-state index in [2.05, 4.69) is 21.3 Å². The van der Waals surface area contributed by atoms with Crippen molar-refractivity contribution in [2.24, 2.45) is 5.92 Å². The third-order valence-corrected chi connectivity index (χ3v) is 6.75. The smallest absolute Gasteiger partial charge is 0.328 e. The maximum atomic E-state index is 14.7. The fraction of sp³-hybridized carbons (Fsp3) is 0.370. The Morgan fingerprint density at radius 2 is 1.77 bits per heavy atom. The van der Waals surface area contributed by atoms with Crippen molar-refractivity contribution in [3.05, 3.63) is 64.7 Å². The molecular weight excluding hydrogens is 534 g/mol. The molecule has 0 bridgehead atoms. The molecule has 2 unspecified atom stereocenters. The van der Waals surface area contributed by atoms with Crippen LogP contribution in [-0.2, 0) is 25.6 Å². The van der Waals surface area contributed by atoms with E-state index in [1.54, 1.807) is 18.2 Å². The molecule has 0 aromatic heterocycles. The number of anilines is 1. The van der Waals surface area contributed by atoms with E-state index in [4.69, 9.17) is 11.6 Å². The number of rotatable bonds is 11. The summed E-state index contributed by atoms with van der Waals surface area (Å²) in [6, 6.07) is 9.89. The Balaban J connectivity index is 1.52. The lowest BCUT2D eigenvalue weighted by molar-refractivity contribution is -0.139. The summed E-state index contributed by atoms with van der Waals surface area (Å²) < 4.78 is 29.4. The van der Waals surface area contributed by atoms with Gasteiger partial charge in [-0.2, -0.15) is 8.78 Å². The molecule has 9 nitrogen and oxygen atoms in total. The first kappa shape index (κ1) is 28.2. The van der Waals surface area contributed by atoms with E-state index in [1.807, 2.05) is 0 Å². The van der Waals surface area contributed by atoms with Crippen molar-refractivity contribution in [3.63, 3.8) is 0 Å². The Hall–Kier alpha value is -3.86. The molecule has 2 aliphatic rings. The molecule has 0 spiro atoms. The van der Waals surface area contributed by atoms with Crippen LogP contribution in [0.15, 0.2) is 48.5 Å². The standard InChI is InChI=1S/C27H27ClF2N4O5/c28-17-6-9-20(34-26(39)27(29,30)14-15-4-2-1-3-5-15)19(13-17)24(37)33-21(12-16-10-11-31-23(16)36)22(35)25(38)32-18-7-8-18/h1-6,9,13,16,18,21H,7-8,10-12,14H2,(H,31,36)(H,32,38)(H,33,37)(H,34,39). The van der Waals surface area contributed by atoms with Gasteiger partial charge in [0.25, 0.3) is 17.7 Å². The van der Waals surface area contributed by atoms with E-state index in [-0.39, 0.29) is 40.2 Å². The predicted molar refractivity (Wildman–Crippen MR) is 138 cm³/mol. The number of hydrogen-bond acceptors (Lipinski definition) is 5. The predicted octanol–water partition coefficient (Wildman–Crippen LogP) is 2.63. The van der Waals surface area contributed by atoms with Crippen LogP contribution in [-0.4, -0.2) is 54.0 Å². The first-order valence-corrected chi connectivity index (χ1v) is 12.9. The monoisotopic (exact) mass is 560 g/mol. The molecule has 4 N–H and O–H groups in total. The molecule has 1 saturated heterocycles. The fourth-order valence-electron chi connectivity index (χ4n) is 4.22. The highest BCUT2D eigenvalue weighted by molar-refractivity contribution is 6.38. The minimum absolute atomic E-state index is 0.0683. The third kappa shape index (κ3) is 7.38. The van der Waals surface area contributed by atoms with E-state index in [9.17, 15) is 32.8 Å². The second-order valence-electron chi connectivity index (χ2n) is 9.66. The Morgan fingerprint density at radius 1 is 1.05 bits per heavy atom. The number of nitrogens with one attached hydrogen (secondary N) is 4. The molecule has 2 aromatic carbocycles. The summed E-state index contributed by atoms with van der Waals surface area (Å²) in [7, 11) is 0. The zero-order chi connectivity index (χ0) is 28.2. The summed E-state index contributed by atoms with van der Waals surface area (Å²) in [5.74, 6) is -9.11. The van der Waals surface area contributed by atoms with Crippen molar-refractivity contribution >= 4 is 46.7 Å². The molecule has 4 rings (SSSR count). The van der Waals surface area contributed by atoms with Crippen LogP contribution in [0.3, 0.4) is 0 Å². The van der Waals surface area contributed by atoms with E-state index >= 15 is 0 Å². The lowest BCUT2D eigenvalue weighted by Crippen LogP contribution is -2.49. The molecule has 2 atom stereocenters. The Bertz CT molecular complexity index is 1290. The van der Waals surface area contributed by atoms with Gasteiger partial charge in [0.05, 0.1) is 17.3 Å². The van der Waals surface area contributed by atoms with Crippen LogP contribution in [0.4, 0.5) is 14.5 Å². The van der Waals surface area contributed by atoms with Crippen LogP contribution in [0.1, 0.15) is 41.6 Å². The van der Waals surface area contributed by atoms with Gasteiger partial charge < -0.3 is 21.3 Å². The molecule has 1 aliphatic heterocycles. The molecule has 1 saturated carbocycles. The molecule has 4 amide bonds. The van der Waals surface area contributed by atoms with Crippen LogP contribution < -0.4 is 21.3 Å². The van der Waals surface area contributed by atoms with Crippen molar-refractivity contribution < 1.29 is 32.8 Å². The van der Waals surface area contributed by atoms with Gasteiger partial charge in [-0.15, -0.1) is 0 Å². The number of Topliss-reactive ketones (excluding diaryl/α,β-unsaturated/α-hetero) is 1. The van der Waals surface area contributed by atoms with Crippen molar-refractivity contribution in [2.45, 2.75) is 50.1 Å². The maximum absolute atomic E-state index is 14.7. The van der Waals surface area contributed by atoms with Gasteiger partial charge in [0, 0.05) is 29.9 Å². The first-order valence-electron chi connectivity index (χ1n) is 12.5. The molecular formula is C27H27ClF2N4O5. The van der Waals surface area contributed by atoms with Gasteiger partial charge in [0.2, 0.25) is 11.7 Å². The second kappa shape index (κ2) is 11.9. The lowest BCUT2D eigenvalue weighted by atomic mass is 9.95. The minimum Gasteiger partial charge on any atom is -0.356 e. The zero-order valence-electron chi connectivity index (χ0n) is 20.8. The van der Waals surface area contributed by atoms with Crippen molar-refractivity contribution in [1.82, 2.24) is 16.0 Å². The van der Waals surface area contributed by atoms with E-state index in [0.717, 1.165) is 18.9 Å². The summed E-state index contributed by atoms with van der Waals surface area (Å²) in [5, 5.41) is 9.80. The van der Waals surface area contributed by atoms with Crippen LogP contribution in [0.25, 0.3) is 0 Å². The molecule has 0 radical (unpaired) electrons. The van der Waals surface area contributed by atoms with Crippen LogP contribution in [0, 0.1) is 5.92 Å². The first-order chi connectivity index (χ1) is 18.5. The highest BCUT2D eigenvalue weighted by Gasteiger charge is 2.40. The summed E-state index contributed by atoms with van der Waals surface area (Å²) in [4.78, 5) is 63.3. The Morgan fingerprint density at radius 3 is 2.41 bits per heavy atom. The summed E-state index contributed by atoms with van der Waals surface area (Å²) in [6.45, 7) is 0.397. The molecule has 206 valence electrons. The van der Waals surface area contributed by atoms with Gasteiger partial charge in [-0.1, -0.05) is 41.9 Å². The number of carbonyl (C=O) groups excluding carboxylic acids is 5. The van der Waals surface area contributed by atoms with E-state index in [1.165, 1.54) is 24.3 Å². The number of benzene rings is 2. The highest BCUT2D eigenvalue weighted by atomic mass is 35.5. The van der Waals surface area contributed by atoms with Gasteiger partial charge >= 0.3 is 5.92 Å². The Labute approximate surface area is 228 Å². The topological polar surface area (TPSA) is 133 Å². The van der Waals surface area contributed by atoms with Crippen LogP contribution in [0.5, 0.6) is 0 Å². The molecule has 1 aliphatic carbocycles. The van der Waals surface area contributed by atoms with Gasteiger partial charge in [-0.25, -0.2) is 0 Å². The van der Waals surface area contributed by atoms with Crippen LogP contribution >= 0.6 is 11.6 Å². The van der Waals surface area contributed by atoms with Gasteiger partial charge in [0.15, 0.2) is 0 Å². The third-order valence-electron chi connectivity index (χ3n) is 6.52. The average Bonchev–Trinajstić information content (AvgIpc) is 3.63. The molecule has 1 heterocycles. The van der Waals surface area contributed by atoms with Gasteiger partial charge in [-0.05, 0) is 49.4 Å². The van der Waals surface area contributed by atoms with Gasteiger partial charge in [0.1, 0.15) is 0 Å². The highest BCUT2D eigenvalue weighted by Crippen LogP contribution is 2.27. The van der Waals surface area contributed by atoms with E-state index in [0.29, 0.717) is 13.0 Å². The average molecular weight is 561 g/mol. The van der Waals surface area contributed by atoms with Crippen molar-refractivity contribution in [3.8, 4) is 0 Å². The molecule has 12 heteroatoms.